The molecule has 0 saturated carbocycles. The number of carbonyl (C=O) groups excluding carboxylic acids is 1. The van der Waals surface area contributed by atoms with Crippen LogP contribution in [0.25, 0.3) is 0 Å². The Morgan fingerprint density at radius 3 is 2.81 bits per heavy atom. The van der Waals surface area contributed by atoms with Gasteiger partial charge in [-0.2, -0.15) is 0 Å². The third kappa shape index (κ3) is 4.00. The van der Waals surface area contributed by atoms with E-state index in [-0.39, 0.29) is 6.03 Å². The van der Waals surface area contributed by atoms with E-state index in [1.165, 1.54) is 13.2 Å². The van der Waals surface area contributed by atoms with Crippen molar-refractivity contribution >= 4 is 51.0 Å². The number of nitrogens with one attached hydrogen (secondary N) is 2. The number of hydrogen-bond donors (Lipinski definition) is 2. The lowest BCUT2D eigenvalue weighted by molar-refractivity contribution is 0.254. The van der Waals surface area contributed by atoms with E-state index in [2.05, 4.69) is 31.5 Å². The fourth-order valence-corrected chi connectivity index (χ4v) is 2.06. The van der Waals surface area contributed by atoms with Crippen molar-refractivity contribution in [2.75, 3.05) is 12.4 Å². The molecule has 1 aromatic heterocycles. The molecule has 110 valence electrons. The predicted molar refractivity (Wildman–Crippen MR) is 86.6 cm³/mol. The lowest BCUT2D eigenvalue weighted by Gasteiger charge is -2.11. The molecule has 0 atom stereocenters. The number of aromatic nitrogens is 1. The molecule has 0 aliphatic rings. The van der Waals surface area contributed by atoms with Crippen LogP contribution in [0.2, 0.25) is 10.0 Å². The predicted octanol–water partition coefficient (Wildman–Crippen LogP) is 4.69. The molecule has 1 aromatic carbocycles. The second-order valence-electron chi connectivity index (χ2n) is 3.86. The van der Waals surface area contributed by atoms with Crippen molar-refractivity contribution in [3.05, 3.63) is 45.0 Å². The Hall–Kier alpha value is -1.50. The molecule has 2 aromatic rings. The quantitative estimate of drug-likeness (QED) is 0.798. The van der Waals surface area contributed by atoms with Crippen LogP contribution >= 0.6 is 39.1 Å². The van der Waals surface area contributed by atoms with E-state index >= 15 is 0 Å². The standard InChI is InChI=1S/C13H10BrCl2N3O2/c1-17-13(20)19-11-5-10(7(14)6-18-11)21-9-4-2-3-8(15)12(9)16/h2-6H,1H3,(H2,17,18,19,20). The molecule has 2 rings (SSSR count). The highest BCUT2D eigenvalue weighted by molar-refractivity contribution is 9.10. The van der Waals surface area contributed by atoms with E-state index in [4.69, 9.17) is 27.9 Å². The summed E-state index contributed by atoms with van der Waals surface area (Å²) in [5.74, 6) is 1.19. The van der Waals surface area contributed by atoms with E-state index < -0.39 is 0 Å². The first-order valence-electron chi connectivity index (χ1n) is 5.77. The highest BCUT2D eigenvalue weighted by Gasteiger charge is 2.11. The van der Waals surface area contributed by atoms with Crippen molar-refractivity contribution in [3.8, 4) is 11.5 Å². The summed E-state index contributed by atoms with van der Waals surface area (Å²) in [6, 6.07) is 6.26. The maximum Gasteiger partial charge on any atom is 0.320 e. The molecular formula is C13H10BrCl2N3O2. The second-order valence-corrected chi connectivity index (χ2v) is 5.50. The van der Waals surface area contributed by atoms with Crippen molar-refractivity contribution in [3.63, 3.8) is 0 Å². The average Bonchev–Trinajstić information content (AvgIpc) is 2.47. The molecule has 0 fully saturated rings. The number of urea groups is 1. The third-order valence-corrected chi connectivity index (χ3v) is 3.82. The maximum absolute atomic E-state index is 11.3. The van der Waals surface area contributed by atoms with Gasteiger partial charge in [0, 0.05) is 19.3 Å². The van der Waals surface area contributed by atoms with Gasteiger partial charge in [-0.3, -0.25) is 5.32 Å². The number of amides is 2. The van der Waals surface area contributed by atoms with Gasteiger partial charge in [-0.15, -0.1) is 0 Å². The van der Waals surface area contributed by atoms with Crippen molar-refractivity contribution in [2.45, 2.75) is 0 Å². The van der Waals surface area contributed by atoms with E-state index in [0.29, 0.717) is 31.8 Å². The van der Waals surface area contributed by atoms with Gasteiger partial charge in [0.2, 0.25) is 0 Å². The molecule has 2 amide bonds. The smallest absolute Gasteiger partial charge is 0.320 e. The molecule has 21 heavy (non-hydrogen) atoms. The minimum absolute atomic E-state index is 0.309. The van der Waals surface area contributed by atoms with Gasteiger partial charge < -0.3 is 10.1 Å². The van der Waals surface area contributed by atoms with Crippen LogP contribution < -0.4 is 15.4 Å². The molecule has 0 radical (unpaired) electrons. The number of nitrogens with zero attached hydrogens (tertiary/aromatic N) is 1. The van der Waals surface area contributed by atoms with Crippen LogP contribution in [-0.2, 0) is 0 Å². The van der Waals surface area contributed by atoms with Crippen LogP contribution in [0, 0.1) is 0 Å². The summed E-state index contributed by atoms with van der Waals surface area (Å²) in [6.07, 6.45) is 1.51. The third-order valence-electron chi connectivity index (χ3n) is 2.42. The van der Waals surface area contributed by atoms with Crippen molar-refractivity contribution in [1.29, 1.82) is 0 Å². The first-order chi connectivity index (χ1) is 10.0. The number of benzene rings is 1. The van der Waals surface area contributed by atoms with Crippen LogP contribution in [0.3, 0.4) is 0 Å². The zero-order valence-corrected chi connectivity index (χ0v) is 13.9. The summed E-state index contributed by atoms with van der Waals surface area (Å²) in [4.78, 5) is 15.3. The normalized spacial score (nSPS) is 10.1. The maximum atomic E-state index is 11.3. The number of carbonyl (C=O) groups is 1. The Balaban J connectivity index is 2.29. The van der Waals surface area contributed by atoms with Gasteiger partial charge in [-0.25, -0.2) is 9.78 Å². The molecule has 5 nitrogen and oxygen atoms in total. The Morgan fingerprint density at radius 2 is 2.10 bits per heavy atom. The number of anilines is 1. The fourth-order valence-electron chi connectivity index (χ4n) is 1.43. The van der Waals surface area contributed by atoms with E-state index in [9.17, 15) is 4.79 Å². The zero-order chi connectivity index (χ0) is 15.4. The molecule has 2 N–H and O–H groups in total. The van der Waals surface area contributed by atoms with E-state index in [0.717, 1.165) is 0 Å². The molecule has 8 heteroatoms. The molecule has 0 aliphatic carbocycles. The molecule has 0 saturated heterocycles. The molecule has 1 heterocycles. The summed E-state index contributed by atoms with van der Waals surface area (Å²) in [5, 5.41) is 5.68. The van der Waals surface area contributed by atoms with Gasteiger partial charge in [0.1, 0.15) is 22.3 Å². The summed E-state index contributed by atoms with van der Waals surface area (Å²) in [7, 11) is 1.51. The van der Waals surface area contributed by atoms with Crippen molar-refractivity contribution < 1.29 is 9.53 Å². The first-order valence-corrected chi connectivity index (χ1v) is 7.32. The van der Waals surface area contributed by atoms with Gasteiger partial charge in [0.25, 0.3) is 0 Å². The summed E-state index contributed by atoms with van der Waals surface area (Å²) in [6.45, 7) is 0. The largest absolute Gasteiger partial charge is 0.454 e. The van der Waals surface area contributed by atoms with Crippen LogP contribution in [0.5, 0.6) is 11.5 Å². The number of halogens is 3. The highest BCUT2D eigenvalue weighted by Crippen LogP contribution is 2.37. The lowest BCUT2D eigenvalue weighted by atomic mass is 10.3. The highest BCUT2D eigenvalue weighted by atomic mass is 79.9. The van der Waals surface area contributed by atoms with Gasteiger partial charge >= 0.3 is 6.03 Å². The van der Waals surface area contributed by atoms with E-state index in [1.807, 2.05) is 0 Å². The fraction of sp³-hybridized carbons (Fsp3) is 0.0769. The zero-order valence-electron chi connectivity index (χ0n) is 10.8. The van der Waals surface area contributed by atoms with E-state index in [1.54, 1.807) is 24.3 Å². The number of hydrogen-bond acceptors (Lipinski definition) is 3. The average molecular weight is 391 g/mol. The number of pyridine rings is 1. The lowest BCUT2D eigenvalue weighted by Crippen LogP contribution is -2.24. The molecule has 0 aliphatic heterocycles. The van der Waals surface area contributed by atoms with Crippen LogP contribution in [0.4, 0.5) is 10.6 Å². The minimum Gasteiger partial charge on any atom is -0.454 e. The van der Waals surface area contributed by atoms with Gasteiger partial charge in [0.15, 0.2) is 0 Å². The van der Waals surface area contributed by atoms with Crippen molar-refractivity contribution in [2.24, 2.45) is 0 Å². The summed E-state index contributed by atoms with van der Waals surface area (Å²) >= 11 is 15.3. The molecule has 0 spiro atoms. The van der Waals surface area contributed by atoms with Crippen molar-refractivity contribution in [1.82, 2.24) is 10.3 Å². The monoisotopic (exact) mass is 389 g/mol. The first kappa shape index (κ1) is 15.9. The van der Waals surface area contributed by atoms with Crippen LogP contribution in [0.1, 0.15) is 0 Å². The Bertz CT molecular complexity index is 682. The van der Waals surface area contributed by atoms with Gasteiger partial charge in [-0.05, 0) is 28.1 Å². The Morgan fingerprint density at radius 1 is 1.33 bits per heavy atom. The summed E-state index contributed by atoms with van der Waals surface area (Å²) in [5.41, 5.74) is 0. The topological polar surface area (TPSA) is 63.2 Å². The molecule has 0 unspecified atom stereocenters. The Kier molecular flexibility index (Phi) is 5.27. The summed E-state index contributed by atoms with van der Waals surface area (Å²) < 4.78 is 6.31. The van der Waals surface area contributed by atoms with Crippen LogP contribution in [0.15, 0.2) is 34.9 Å². The van der Waals surface area contributed by atoms with Crippen LogP contribution in [-0.4, -0.2) is 18.1 Å². The van der Waals surface area contributed by atoms with Gasteiger partial charge in [0.05, 0.1) is 9.50 Å². The van der Waals surface area contributed by atoms with Gasteiger partial charge in [-0.1, -0.05) is 29.3 Å². The number of rotatable bonds is 3. The SMILES string of the molecule is CNC(=O)Nc1cc(Oc2cccc(Cl)c2Cl)c(Br)cn1. The Labute approximate surface area is 139 Å². The molecule has 0 bridgehead atoms. The minimum atomic E-state index is -0.378. The molecular weight excluding hydrogens is 381 g/mol. The second kappa shape index (κ2) is 6.98. The number of ether oxygens (including phenoxy) is 1.